The molecule has 9 aliphatic rings. The fourth-order valence-corrected chi connectivity index (χ4v) is 16.3. The molecule has 102 heavy (non-hydrogen) atoms. The number of nitrogens with zero attached hydrogens (tertiary/aromatic N) is 6. The molecule has 6 fully saturated rings. The molecule has 30 heteroatoms. The lowest BCUT2D eigenvalue weighted by Crippen LogP contribution is -2.12. The number of hydrogen-bond acceptors (Lipinski definition) is 21. The Kier molecular flexibility index (Phi) is 19.4. The first kappa shape index (κ1) is 72.2. The number of fused-ring (bicyclic) bond motifs is 3. The lowest BCUT2D eigenvalue weighted by Gasteiger charge is -2.17. The van der Waals surface area contributed by atoms with Crippen LogP contribution in [0.15, 0.2) is 102 Å². The van der Waals surface area contributed by atoms with E-state index in [1.807, 2.05) is 39.0 Å². The van der Waals surface area contributed by atoms with Crippen LogP contribution in [0.25, 0.3) is 0 Å². The Balaban J connectivity index is 0.000000137. The highest BCUT2D eigenvalue weighted by Crippen LogP contribution is 2.52. The maximum absolute atomic E-state index is 13.4. The lowest BCUT2D eigenvalue weighted by molar-refractivity contribution is -0.122. The molecule has 9 heterocycles. The van der Waals surface area contributed by atoms with Crippen molar-refractivity contribution in [2.75, 3.05) is 54.5 Å². The van der Waals surface area contributed by atoms with Crippen molar-refractivity contribution in [1.29, 1.82) is 0 Å². The van der Waals surface area contributed by atoms with E-state index in [4.69, 9.17) is 14.2 Å². The van der Waals surface area contributed by atoms with Crippen molar-refractivity contribution in [2.24, 2.45) is 32.7 Å². The molecular formula is C72H75F6N9O12S3. The van der Waals surface area contributed by atoms with Gasteiger partial charge in [0, 0.05) is 114 Å². The number of halogens is 6. The molecule has 21 nitrogen and oxygen atoms in total. The molecule has 3 aromatic carbocycles. The summed E-state index contributed by atoms with van der Waals surface area (Å²) in [6, 6.07) is 20.3. The van der Waals surface area contributed by atoms with Crippen molar-refractivity contribution >= 4 is 115 Å². The molecule has 0 amide bonds. The molecule has 3 saturated heterocycles. The van der Waals surface area contributed by atoms with Gasteiger partial charge < -0.3 is 30.2 Å². The van der Waals surface area contributed by atoms with Crippen molar-refractivity contribution < 1.29 is 80.2 Å². The molecule has 0 spiro atoms. The van der Waals surface area contributed by atoms with Gasteiger partial charge in [-0.1, -0.05) is 18.2 Å². The third-order valence-electron chi connectivity index (χ3n) is 19.2. The smallest absolute Gasteiger partial charge is 0.258 e. The van der Waals surface area contributed by atoms with Gasteiger partial charge >= 0.3 is 0 Å². The molecule has 6 aromatic rings. The van der Waals surface area contributed by atoms with Crippen molar-refractivity contribution in [3.05, 3.63) is 124 Å². The Morgan fingerprint density at radius 1 is 0.422 bits per heavy atom. The molecular weight excluding hydrogens is 1390 g/mol. The van der Waals surface area contributed by atoms with Crippen molar-refractivity contribution in [2.45, 2.75) is 168 Å². The Morgan fingerprint density at radius 2 is 0.676 bits per heavy atom. The Labute approximate surface area is 586 Å². The fraction of sp³-hybridized carbons (Fsp3) is 0.458. The van der Waals surface area contributed by atoms with Crippen molar-refractivity contribution in [3.8, 4) is 0 Å². The standard InChI is InChI=1S/3C24H25F2N3O4S/c3*1-13-8-18-23(27-13)19(10-15(28-18)11-20(30)16-12-24(16,25)26)29-17-6-5-14(21-4-3-7-33-21)9-22(17)34(2,31)32/h3*5-6,9-10,16,21H,3-4,7-8,11-12H2,1-2H3,(H,28,29)/t16?,21-;16-,21+;16-,21-/m101/s1. The van der Waals surface area contributed by atoms with Crippen LogP contribution in [0.2, 0.25) is 0 Å². The maximum atomic E-state index is 13.4. The number of ketones is 3. The Hall–Kier alpha value is -8.16. The van der Waals surface area contributed by atoms with Crippen LogP contribution < -0.4 is 16.0 Å². The zero-order valence-corrected chi connectivity index (χ0v) is 59.1. The van der Waals surface area contributed by atoms with E-state index in [2.05, 4.69) is 45.9 Å². The topological polar surface area (TPSA) is 293 Å². The second-order valence-electron chi connectivity index (χ2n) is 27.9. The number of rotatable bonds is 21. The summed E-state index contributed by atoms with van der Waals surface area (Å²) < 4.78 is 173. The number of pyridine rings is 3. The molecule has 15 rings (SSSR count). The molecule has 3 aromatic heterocycles. The van der Waals surface area contributed by atoms with Gasteiger partial charge in [-0.2, -0.15) is 0 Å². The zero-order valence-electron chi connectivity index (χ0n) is 56.7. The molecule has 0 radical (unpaired) electrons. The van der Waals surface area contributed by atoms with E-state index in [1.54, 1.807) is 54.6 Å². The SMILES string of the molecule is CC1=Nc2c(Nc3ccc([C@H]4CCCO4)cc3S(C)(=O)=O)cc(CC(=O)C3CC3(F)F)nc2C1.CC1=Nc2c(Nc3ccc([C@H]4CCCO4)cc3S(C)(=O)=O)cc(CC(=O)[C@@H]3CC3(F)F)nc2C1.CC1=Nc2c(Nc3ccc([C@H]4CCCO4)cc3S(C)(=O)=O)cc(CC(=O)[C@H]3CC3(F)F)nc2C1. The largest absolute Gasteiger partial charge is 0.374 e. The van der Waals surface area contributed by atoms with Gasteiger partial charge in [0.05, 0.1) is 119 Å². The molecule has 6 atom stereocenters. The minimum Gasteiger partial charge on any atom is -0.374 e. The van der Waals surface area contributed by atoms with E-state index in [-0.39, 0.29) is 52.3 Å². The van der Waals surface area contributed by atoms with Gasteiger partial charge in [-0.05, 0) is 131 Å². The van der Waals surface area contributed by atoms with E-state index in [0.29, 0.717) is 124 Å². The first-order chi connectivity index (χ1) is 48.0. The predicted molar refractivity (Wildman–Crippen MR) is 370 cm³/mol. The number of aliphatic imine (C=N–C) groups is 3. The number of Topliss-reactive ketones (excluding diaryl/α,β-unsaturated/α-hetero) is 3. The van der Waals surface area contributed by atoms with Crippen LogP contribution >= 0.6 is 0 Å². The summed E-state index contributed by atoms with van der Waals surface area (Å²) in [5, 5.41) is 9.50. The number of aromatic nitrogens is 3. The average Bonchev–Trinajstić information content (AvgIpc) is 1.56. The fourth-order valence-electron chi connectivity index (χ4n) is 13.7. The minimum absolute atomic E-state index is 0.125. The zero-order chi connectivity index (χ0) is 72.8. The second kappa shape index (κ2) is 27.5. The number of carbonyl (C=O) groups excluding carboxylic acids is 3. The van der Waals surface area contributed by atoms with Crippen LogP contribution in [-0.2, 0) is 96.6 Å². The van der Waals surface area contributed by atoms with E-state index in [0.717, 1.165) is 91.1 Å². The Morgan fingerprint density at radius 3 is 0.892 bits per heavy atom. The number of carbonyl (C=O) groups is 3. The highest BCUT2D eigenvalue weighted by molar-refractivity contribution is 7.91. The minimum atomic E-state index is -3.58. The van der Waals surface area contributed by atoms with Crippen molar-refractivity contribution in [3.63, 3.8) is 0 Å². The molecule has 540 valence electrons. The normalized spacial score (nSPS) is 22.9. The van der Waals surface area contributed by atoms with E-state index >= 15 is 0 Å². The number of benzene rings is 3. The maximum Gasteiger partial charge on any atom is 0.258 e. The molecule has 0 bridgehead atoms. The number of ether oxygens (including phenoxy) is 3. The highest BCUT2D eigenvalue weighted by Gasteiger charge is 2.62. The van der Waals surface area contributed by atoms with Gasteiger partial charge in [0.25, 0.3) is 17.8 Å². The van der Waals surface area contributed by atoms with E-state index in [1.165, 1.54) is 0 Å². The van der Waals surface area contributed by atoms with Crippen LogP contribution in [0.5, 0.6) is 0 Å². The van der Waals surface area contributed by atoms with Gasteiger partial charge in [0.1, 0.15) is 34.4 Å². The van der Waals surface area contributed by atoms with Gasteiger partial charge in [-0.3, -0.25) is 44.3 Å². The summed E-state index contributed by atoms with van der Waals surface area (Å²) in [4.78, 5) is 64.4. The molecule has 3 aliphatic carbocycles. The lowest BCUT2D eigenvalue weighted by atomic mass is 10.1. The number of nitrogens with one attached hydrogen (secondary N) is 3. The summed E-state index contributed by atoms with van der Waals surface area (Å²) in [7, 11) is -10.7. The molecule has 6 aliphatic heterocycles. The van der Waals surface area contributed by atoms with E-state index < -0.39 is 102 Å². The summed E-state index contributed by atoms with van der Waals surface area (Å²) in [6.45, 7) is 7.48. The van der Waals surface area contributed by atoms with Crippen LogP contribution in [0.3, 0.4) is 0 Å². The summed E-state index contributed by atoms with van der Waals surface area (Å²) in [5.41, 5.74) is 12.1. The summed E-state index contributed by atoms with van der Waals surface area (Å²) >= 11 is 0. The van der Waals surface area contributed by atoms with Crippen LogP contribution in [0.1, 0.15) is 148 Å². The predicted octanol–water partition coefficient (Wildman–Crippen LogP) is 13.5. The third-order valence-corrected chi connectivity index (χ3v) is 22.6. The van der Waals surface area contributed by atoms with Crippen LogP contribution in [-0.4, -0.2) is 131 Å². The first-order valence-corrected chi connectivity index (χ1v) is 39.3. The molecule has 1 unspecified atom stereocenters. The first-order valence-electron chi connectivity index (χ1n) is 33.6. The number of anilines is 6. The number of alkyl halides is 6. The second-order valence-corrected chi connectivity index (χ2v) is 33.8. The number of hydrogen-bond donors (Lipinski definition) is 3. The third kappa shape index (κ3) is 16.1. The number of sulfone groups is 3. The van der Waals surface area contributed by atoms with Crippen LogP contribution in [0.4, 0.5) is 77.5 Å². The Bertz CT molecular complexity index is 4440. The van der Waals surface area contributed by atoms with Crippen LogP contribution in [0, 0.1) is 17.8 Å². The summed E-state index contributed by atoms with van der Waals surface area (Å²) in [6.07, 6.45) is 7.84. The van der Waals surface area contributed by atoms with Gasteiger partial charge in [0.15, 0.2) is 29.5 Å². The monoisotopic (exact) mass is 1470 g/mol. The quantitative estimate of drug-likeness (QED) is 0.0564. The van der Waals surface area contributed by atoms with Gasteiger partial charge in [0.2, 0.25) is 0 Å². The van der Waals surface area contributed by atoms with Crippen molar-refractivity contribution in [1.82, 2.24) is 15.0 Å². The average molecular weight is 1470 g/mol. The van der Waals surface area contributed by atoms with Gasteiger partial charge in [-0.25, -0.2) is 51.6 Å². The van der Waals surface area contributed by atoms with Gasteiger partial charge in [-0.15, -0.1) is 0 Å². The molecule has 3 N–H and O–H groups in total. The highest BCUT2D eigenvalue weighted by atomic mass is 32.2. The summed E-state index contributed by atoms with van der Waals surface area (Å²) in [5.74, 6) is -14.2. The van der Waals surface area contributed by atoms with E-state index in [9.17, 15) is 66.0 Å². The molecule has 3 saturated carbocycles.